The zero-order chi connectivity index (χ0) is 13.4. The molecular weight excluding hydrogens is 228 g/mol. The van der Waals surface area contributed by atoms with Crippen molar-refractivity contribution in [2.75, 3.05) is 39.4 Å². The van der Waals surface area contributed by atoms with E-state index in [1.807, 2.05) is 0 Å². The predicted octanol–water partition coefficient (Wildman–Crippen LogP) is 1.24. The monoisotopic (exact) mass is 258 g/mol. The third-order valence-corrected chi connectivity index (χ3v) is 3.87. The van der Waals surface area contributed by atoms with Gasteiger partial charge in [-0.2, -0.15) is 0 Å². The summed E-state index contributed by atoms with van der Waals surface area (Å²) in [7, 11) is 0. The van der Waals surface area contributed by atoms with Crippen LogP contribution in [0.2, 0.25) is 0 Å². The number of likely N-dealkylation sites (N-methyl/N-ethyl adjacent to an activating group) is 2. The largest absolute Gasteiger partial charge is 0.394 e. The molecule has 1 heterocycles. The van der Waals surface area contributed by atoms with E-state index in [1.54, 1.807) is 0 Å². The summed E-state index contributed by atoms with van der Waals surface area (Å²) in [5, 5.41) is 12.9. The quantitative estimate of drug-likeness (QED) is 0.653. The lowest BCUT2D eigenvalue weighted by Gasteiger charge is -2.32. The Morgan fingerprint density at radius 2 is 2.22 bits per heavy atom. The number of aliphatic hydroxyl groups excluding tert-OH is 1. The van der Waals surface area contributed by atoms with Gasteiger partial charge in [-0.25, -0.2) is 0 Å². The highest BCUT2D eigenvalue weighted by Crippen LogP contribution is 2.15. The third kappa shape index (κ3) is 5.22. The van der Waals surface area contributed by atoms with Gasteiger partial charge in [0.15, 0.2) is 0 Å². The van der Waals surface area contributed by atoms with E-state index in [0.29, 0.717) is 6.10 Å². The van der Waals surface area contributed by atoms with Crippen molar-refractivity contribution in [3.05, 3.63) is 0 Å². The first-order chi connectivity index (χ1) is 8.63. The van der Waals surface area contributed by atoms with Crippen molar-refractivity contribution < 1.29 is 9.84 Å². The summed E-state index contributed by atoms with van der Waals surface area (Å²) < 4.78 is 5.68. The van der Waals surface area contributed by atoms with Crippen LogP contribution < -0.4 is 5.32 Å². The van der Waals surface area contributed by atoms with Crippen LogP contribution in [0.3, 0.4) is 0 Å². The topological polar surface area (TPSA) is 44.7 Å². The molecule has 2 N–H and O–H groups in total. The molecule has 0 spiro atoms. The molecule has 0 radical (unpaired) electrons. The minimum absolute atomic E-state index is 0.154. The fraction of sp³-hybridized carbons (Fsp3) is 1.00. The molecule has 0 aromatic rings. The first kappa shape index (κ1) is 15.9. The standard InChI is InChI=1S/C14H30N2O2/c1-4-15-14(3,12-17)8-9-16(5-2)11-13-7-6-10-18-13/h13,15,17H,4-12H2,1-3H3. The molecular formula is C14H30N2O2. The molecule has 108 valence electrons. The van der Waals surface area contributed by atoms with Gasteiger partial charge in [-0.1, -0.05) is 13.8 Å². The maximum Gasteiger partial charge on any atom is 0.0702 e. The van der Waals surface area contributed by atoms with Crippen LogP contribution in [0.4, 0.5) is 0 Å². The highest BCUT2D eigenvalue weighted by molar-refractivity contribution is 4.83. The summed E-state index contributed by atoms with van der Waals surface area (Å²) in [5.74, 6) is 0. The van der Waals surface area contributed by atoms with Crippen LogP contribution in [-0.2, 0) is 4.74 Å². The van der Waals surface area contributed by atoms with Gasteiger partial charge >= 0.3 is 0 Å². The Balaban J connectivity index is 2.32. The number of ether oxygens (including phenoxy) is 1. The van der Waals surface area contributed by atoms with E-state index in [-0.39, 0.29) is 12.1 Å². The van der Waals surface area contributed by atoms with Gasteiger partial charge in [-0.15, -0.1) is 0 Å². The van der Waals surface area contributed by atoms with Crippen LogP contribution in [0.25, 0.3) is 0 Å². The minimum Gasteiger partial charge on any atom is -0.394 e. The fourth-order valence-electron chi connectivity index (χ4n) is 2.51. The lowest BCUT2D eigenvalue weighted by molar-refractivity contribution is 0.0683. The summed E-state index contributed by atoms with van der Waals surface area (Å²) in [5.41, 5.74) is -0.154. The molecule has 1 rings (SSSR count). The first-order valence-corrected chi connectivity index (χ1v) is 7.33. The van der Waals surface area contributed by atoms with Crippen LogP contribution in [-0.4, -0.2) is 61.0 Å². The average molecular weight is 258 g/mol. The molecule has 4 nitrogen and oxygen atoms in total. The van der Waals surface area contributed by atoms with E-state index in [4.69, 9.17) is 4.74 Å². The van der Waals surface area contributed by atoms with Crippen molar-refractivity contribution in [3.8, 4) is 0 Å². The highest BCUT2D eigenvalue weighted by Gasteiger charge is 2.24. The second-order valence-corrected chi connectivity index (χ2v) is 5.53. The highest BCUT2D eigenvalue weighted by atomic mass is 16.5. The molecule has 1 saturated heterocycles. The van der Waals surface area contributed by atoms with E-state index < -0.39 is 0 Å². The summed E-state index contributed by atoms with van der Waals surface area (Å²) >= 11 is 0. The number of hydrogen-bond donors (Lipinski definition) is 2. The smallest absolute Gasteiger partial charge is 0.0702 e. The molecule has 0 aromatic carbocycles. The lowest BCUT2D eigenvalue weighted by Crippen LogP contribution is -2.48. The Morgan fingerprint density at radius 3 is 2.72 bits per heavy atom. The maximum absolute atomic E-state index is 9.48. The lowest BCUT2D eigenvalue weighted by atomic mass is 9.98. The molecule has 4 heteroatoms. The Labute approximate surface area is 112 Å². The minimum atomic E-state index is -0.154. The first-order valence-electron chi connectivity index (χ1n) is 7.33. The van der Waals surface area contributed by atoms with E-state index in [2.05, 4.69) is 31.0 Å². The Kier molecular flexibility index (Phi) is 7.15. The molecule has 2 atom stereocenters. The second kappa shape index (κ2) is 8.10. The van der Waals surface area contributed by atoms with Gasteiger partial charge < -0.3 is 20.1 Å². The number of hydrogen-bond acceptors (Lipinski definition) is 4. The van der Waals surface area contributed by atoms with Gasteiger partial charge in [0.25, 0.3) is 0 Å². The van der Waals surface area contributed by atoms with Crippen molar-refractivity contribution in [1.82, 2.24) is 10.2 Å². The SMILES string of the molecule is CCNC(C)(CO)CCN(CC)CC1CCCO1. The second-order valence-electron chi connectivity index (χ2n) is 5.53. The number of rotatable bonds is 9. The predicted molar refractivity (Wildman–Crippen MR) is 74.9 cm³/mol. The van der Waals surface area contributed by atoms with E-state index >= 15 is 0 Å². The Morgan fingerprint density at radius 1 is 1.44 bits per heavy atom. The summed E-state index contributed by atoms with van der Waals surface area (Å²) in [6.45, 7) is 11.5. The van der Waals surface area contributed by atoms with Crippen LogP contribution in [0.5, 0.6) is 0 Å². The van der Waals surface area contributed by atoms with Crippen LogP contribution in [0.15, 0.2) is 0 Å². The van der Waals surface area contributed by atoms with E-state index in [0.717, 1.165) is 39.2 Å². The molecule has 0 bridgehead atoms. The van der Waals surface area contributed by atoms with Crippen molar-refractivity contribution in [2.45, 2.75) is 51.7 Å². The molecule has 1 aliphatic rings. The van der Waals surface area contributed by atoms with Gasteiger partial charge in [-0.3, -0.25) is 0 Å². The van der Waals surface area contributed by atoms with Crippen molar-refractivity contribution in [2.24, 2.45) is 0 Å². The van der Waals surface area contributed by atoms with Crippen LogP contribution in [0.1, 0.15) is 40.0 Å². The summed E-state index contributed by atoms with van der Waals surface area (Å²) in [4.78, 5) is 2.43. The van der Waals surface area contributed by atoms with E-state index in [1.165, 1.54) is 12.8 Å². The molecule has 1 fully saturated rings. The van der Waals surface area contributed by atoms with Crippen molar-refractivity contribution >= 4 is 0 Å². The molecule has 1 aliphatic heterocycles. The fourth-order valence-corrected chi connectivity index (χ4v) is 2.51. The normalized spacial score (nSPS) is 23.5. The van der Waals surface area contributed by atoms with Crippen molar-refractivity contribution in [3.63, 3.8) is 0 Å². The number of nitrogens with one attached hydrogen (secondary N) is 1. The Hall–Kier alpha value is -0.160. The average Bonchev–Trinajstić information content (AvgIpc) is 2.87. The number of nitrogens with zero attached hydrogens (tertiary/aromatic N) is 1. The molecule has 18 heavy (non-hydrogen) atoms. The van der Waals surface area contributed by atoms with Gasteiger partial charge in [0.2, 0.25) is 0 Å². The zero-order valence-electron chi connectivity index (χ0n) is 12.2. The Bertz CT molecular complexity index is 220. The van der Waals surface area contributed by atoms with Gasteiger partial charge in [0, 0.05) is 25.2 Å². The van der Waals surface area contributed by atoms with E-state index in [9.17, 15) is 5.11 Å². The molecule has 0 aliphatic carbocycles. The summed E-state index contributed by atoms with van der Waals surface area (Å²) in [6.07, 6.45) is 3.79. The third-order valence-electron chi connectivity index (χ3n) is 3.87. The van der Waals surface area contributed by atoms with Gasteiger partial charge in [-0.05, 0) is 39.3 Å². The zero-order valence-corrected chi connectivity index (χ0v) is 12.2. The molecule has 0 amide bonds. The molecule has 2 unspecified atom stereocenters. The van der Waals surface area contributed by atoms with Crippen LogP contribution in [0, 0.1) is 0 Å². The van der Waals surface area contributed by atoms with Crippen molar-refractivity contribution in [1.29, 1.82) is 0 Å². The van der Waals surface area contributed by atoms with Gasteiger partial charge in [0.05, 0.1) is 12.7 Å². The summed E-state index contributed by atoms with van der Waals surface area (Å²) in [6, 6.07) is 0. The number of aliphatic hydroxyl groups is 1. The van der Waals surface area contributed by atoms with Crippen LogP contribution >= 0.6 is 0 Å². The molecule has 0 aromatic heterocycles. The molecule has 0 saturated carbocycles. The maximum atomic E-state index is 9.48. The van der Waals surface area contributed by atoms with Gasteiger partial charge in [0.1, 0.15) is 0 Å².